The third-order valence-corrected chi connectivity index (χ3v) is 6.81. The summed E-state index contributed by atoms with van der Waals surface area (Å²) in [7, 11) is -3.96. The molecule has 0 spiro atoms. The van der Waals surface area contributed by atoms with E-state index in [9.17, 15) is 13.2 Å². The first-order valence-electron chi connectivity index (χ1n) is 9.19. The second-order valence-electron chi connectivity index (χ2n) is 6.80. The number of morpholine rings is 1. The summed E-state index contributed by atoms with van der Waals surface area (Å²) in [4.78, 5) is 12.0. The molecule has 2 N–H and O–H groups in total. The molecule has 2 atom stereocenters. The lowest BCUT2D eigenvalue weighted by Crippen LogP contribution is -2.58. The van der Waals surface area contributed by atoms with Crippen molar-refractivity contribution >= 4 is 15.9 Å². The van der Waals surface area contributed by atoms with E-state index in [1.54, 1.807) is 19.1 Å². The molecule has 8 nitrogen and oxygen atoms in total. The molecule has 9 heteroatoms. The number of ether oxygens (including phenoxy) is 2. The number of amides is 1. The molecule has 0 bridgehead atoms. The van der Waals surface area contributed by atoms with Gasteiger partial charge in [0.25, 0.3) is 5.91 Å². The zero-order valence-corrected chi connectivity index (χ0v) is 17.1. The van der Waals surface area contributed by atoms with Crippen molar-refractivity contribution in [2.75, 3.05) is 13.2 Å². The zero-order chi connectivity index (χ0) is 21.0. The van der Waals surface area contributed by atoms with E-state index in [1.165, 1.54) is 17.6 Å². The Hall–Kier alpha value is -2.46. The third kappa shape index (κ3) is 4.59. The van der Waals surface area contributed by atoms with Crippen LogP contribution in [0.5, 0.6) is 5.75 Å². The molecule has 0 saturated carbocycles. The number of nitrogens with zero attached hydrogens (tertiary/aromatic N) is 1. The molecule has 0 aromatic heterocycles. The van der Waals surface area contributed by atoms with Gasteiger partial charge in [-0.1, -0.05) is 24.3 Å². The number of hydrogen-bond acceptors (Lipinski definition) is 6. The van der Waals surface area contributed by atoms with Crippen molar-refractivity contribution in [3.63, 3.8) is 0 Å². The fraction of sp³-hybridized carbons (Fsp3) is 0.350. The monoisotopic (exact) mass is 420 g/mol. The quantitative estimate of drug-likeness (QED) is 0.546. The highest BCUT2D eigenvalue weighted by atomic mass is 32.2. The molecule has 0 aliphatic carbocycles. The molecule has 1 amide bonds. The van der Waals surface area contributed by atoms with Gasteiger partial charge in [-0.25, -0.2) is 13.9 Å². The van der Waals surface area contributed by atoms with Crippen molar-refractivity contribution < 1.29 is 27.9 Å². The van der Waals surface area contributed by atoms with Crippen LogP contribution in [0.2, 0.25) is 0 Å². The first-order valence-corrected chi connectivity index (χ1v) is 10.6. The molecule has 1 aliphatic rings. The predicted molar refractivity (Wildman–Crippen MR) is 105 cm³/mol. The molecular formula is C20H24N2O6S. The van der Waals surface area contributed by atoms with E-state index in [4.69, 9.17) is 14.7 Å². The van der Waals surface area contributed by atoms with E-state index in [0.29, 0.717) is 12.4 Å². The van der Waals surface area contributed by atoms with Crippen LogP contribution in [0, 0.1) is 6.92 Å². The SMILES string of the molecule is Cc1ccccc1COc1ccc(S(=O)(=O)N2CCO[C@@H](C)[C@@H]2C(=O)NO)cc1. The Labute approximate surface area is 170 Å². The maximum Gasteiger partial charge on any atom is 0.264 e. The lowest BCUT2D eigenvalue weighted by atomic mass is 10.1. The third-order valence-electron chi connectivity index (χ3n) is 4.91. The average Bonchev–Trinajstić information content (AvgIpc) is 2.72. The molecule has 3 rings (SSSR count). The van der Waals surface area contributed by atoms with Crippen molar-refractivity contribution in [2.45, 2.75) is 37.5 Å². The van der Waals surface area contributed by atoms with Gasteiger partial charge in [-0.3, -0.25) is 10.0 Å². The summed E-state index contributed by atoms with van der Waals surface area (Å²) in [6, 6.07) is 12.7. The molecule has 1 heterocycles. The Morgan fingerprint density at radius 3 is 2.59 bits per heavy atom. The van der Waals surface area contributed by atoms with Gasteiger partial charge < -0.3 is 9.47 Å². The van der Waals surface area contributed by atoms with Crippen LogP contribution in [0.3, 0.4) is 0 Å². The maximum absolute atomic E-state index is 13.1. The van der Waals surface area contributed by atoms with Gasteiger partial charge in [0.2, 0.25) is 10.0 Å². The van der Waals surface area contributed by atoms with Crippen LogP contribution in [0.4, 0.5) is 0 Å². The molecule has 2 aromatic rings. The van der Waals surface area contributed by atoms with Gasteiger partial charge in [-0.15, -0.1) is 0 Å². The highest BCUT2D eigenvalue weighted by Gasteiger charge is 2.42. The minimum atomic E-state index is -3.96. The van der Waals surface area contributed by atoms with Crippen molar-refractivity contribution in [1.29, 1.82) is 0 Å². The number of hydrogen-bond donors (Lipinski definition) is 2. The van der Waals surface area contributed by atoms with Crippen molar-refractivity contribution in [1.82, 2.24) is 9.79 Å². The second kappa shape index (κ2) is 8.91. The molecule has 1 fully saturated rings. The van der Waals surface area contributed by atoms with Crippen LogP contribution in [0.1, 0.15) is 18.1 Å². The number of benzene rings is 2. The van der Waals surface area contributed by atoms with Crippen molar-refractivity contribution in [3.05, 3.63) is 59.7 Å². The Balaban J connectivity index is 1.77. The number of carbonyl (C=O) groups excluding carboxylic acids is 1. The van der Waals surface area contributed by atoms with Gasteiger partial charge in [-0.05, 0) is 49.2 Å². The highest BCUT2D eigenvalue weighted by molar-refractivity contribution is 7.89. The van der Waals surface area contributed by atoms with E-state index in [1.807, 2.05) is 31.2 Å². The van der Waals surface area contributed by atoms with Gasteiger partial charge in [0.05, 0.1) is 17.6 Å². The minimum Gasteiger partial charge on any atom is -0.489 e. The fourth-order valence-corrected chi connectivity index (χ4v) is 4.88. The molecule has 2 aromatic carbocycles. The van der Waals surface area contributed by atoms with E-state index in [-0.39, 0.29) is 18.0 Å². The lowest BCUT2D eigenvalue weighted by molar-refractivity contribution is -0.142. The summed E-state index contributed by atoms with van der Waals surface area (Å²) in [5.41, 5.74) is 3.68. The fourth-order valence-electron chi connectivity index (χ4n) is 3.25. The molecule has 0 unspecified atom stereocenters. The highest BCUT2D eigenvalue weighted by Crippen LogP contribution is 2.25. The molecule has 1 saturated heterocycles. The molecule has 0 radical (unpaired) electrons. The summed E-state index contributed by atoms with van der Waals surface area (Å²) in [6.45, 7) is 4.13. The number of carbonyl (C=O) groups is 1. The van der Waals surface area contributed by atoms with Crippen molar-refractivity contribution in [3.8, 4) is 5.75 Å². The summed E-state index contributed by atoms with van der Waals surface area (Å²) >= 11 is 0. The van der Waals surface area contributed by atoms with Crippen LogP contribution in [0.15, 0.2) is 53.4 Å². The first kappa shape index (κ1) is 21.3. The van der Waals surface area contributed by atoms with E-state index in [0.717, 1.165) is 15.4 Å². The Morgan fingerprint density at radius 2 is 1.93 bits per heavy atom. The molecule has 156 valence electrons. The van der Waals surface area contributed by atoms with E-state index < -0.39 is 28.1 Å². The number of sulfonamides is 1. The summed E-state index contributed by atoms with van der Waals surface area (Å²) in [5.74, 6) is -0.300. The van der Waals surface area contributed by atoms with Gasteiger partial charge in [0, 0.05) is 6.54 Å². The number of nitrogens with one attached hydrogen (secondary N) is 1. The zero-order valence-electron chi connectivity index (χ0n) is 16.2. The molecule has 1 aliphatic heterocycles. The largest absolute Gasteiger partial charge is 0.489 e. The number of hydroxylamine groups is 1. The standard InChI is InChI=1S/C20H24N2O6S/c1-14-5-3-4-6-16(14)13-28-17-7-9-18(10-8-17)29(25,26)22-11-12-27-15(2)19(22)20(23)21-24/h3-10,15,19,24H,11-13H2,1-2H3,(H,21,23)/t15-,19+/m0/s1. The van der Waals surface area contributed by atoms with Crippen LogP contribution in [-0.2, 0) is 26.2 Å². The topological polar surface area (TPSA) is 105 Å². The smallest absolute Gasteiger partial charge is 0.264 e. The molecule has 29 heavy (non-hydrogen) atoms. The van der Waals surface area contributed by atoms with Gasteiger partial charge >= 0.3 is 0 Å². The maximum atomic E-state index is 13.1. The van der Waals surface area contributed by atoms with Crippen molar-refractivity contribution in [2.24, 2.45) is 0 Å². The number of rotatable bonds is 6. The van der Waals surface area contributed by atoms with E-state index >= 15 is 0 Å². The van der Waals surface area contributed by atoms with E-state index in [2.05, 4.69) is 0 Å². The summed E-state index contributed by atoms with van der Waals surface area (Å²) in [5, 5.41) is 8.97. The summed E-state index contributed by atoms with van der Waals surface area (Å²) < 4.78 is 38.3. The number of aryl methyl sites for hydroxylation is 1. The van der Waals surface area contributed by atoms with Crippen LogP contribution in [0.25, 0.3) is 0 Å². The Morgan fingerprint density at radius 1 is 1.24 bits per heavy atom. The average molecular weight is 420 g/mol. The minimum absolute atomic E-state index is 0.0102. The second-order valence-corrected chi connectivity index (χ2v) is 8.69. The van der Waals surface area contributed by atoms with Gasteiger partial charge in [0.15, 0.2) is 0 Å². The molecular weight excluding hydrogens is 396 g/mol. The predicted octanol–water partition coefficient (Wildman–Crippen LogP) is 1.86. The van der Waals surface area contributed by atoms with Gasteiger partial charge in [-0.2, -0.15) is 4.31 Å². The normalized spacial score (nSPS) is 20.2. The Kier molecular flexibility index (Phi) is 6.53. The van der Waals surface area contributed by atoms with Crippen LogP contribution < -0.4 is 10.2 Å². The first-order chi connectivity index (χ1) is 13.8. The van der Waals surface area contributed by atoms with Crippen LogP contribution >= 0.6 is 0 Å². The van der Waals surface area contributed by atoms with Crippen LogP contribution in [-0.4, -0.2) is 49.1 Å². The van der Waals surface area contributed by atoms with Gasteiger partial charge in [0.1, 0.15) is 18.4 Å². The summed E-state index contributed by atoms with van der Waals surface area (Å²) in [6.07, 6.45) is -0.692. The lowest BCUT2D eigenvalue weighted by Gasteiger charge is -2.37. The Bertz CT molecular complexity index is 961.